The second-order valence-electron chi connectivity index (χ2n) is 8.14. The molecular weight excluding hydrogens is 516 g/mol. The van der Waals surface area contributed by atoms with Crippen molar-refractivity contribution in [3.8, 4) is 0 Å². The van der Waals surface area contributed by atoms with Gasteiger partial charge in [0, 0.05) is 25.9 Å². The van der Waals surface area contributed by atoms with Gasteiger partial charge in [0.15, 0.2) is 0 Å². The second kappa shape index (κ2) is 17.2. The first-order valence-corrected chi connectivity index (χ1v) is 11.1. The Morgan fingerprint density at radius 1 is 0.579 bits per heavy atom. The van der Waals surface area contributed by atoms with E-state index in [0.29, 0.717) is 0 Å². The van der Waals surface area contributed by atoms with Crippen LogP contribution in [0.5, 0.6) is 0 Å². The van der Waals surface area contributed by atoms with Gasteiger partial charge in [0.05, 0.1) is 26.2 Å². The van der Waals surface area contributed by atoms with Crippen molar-refractivity contribution < 1.29 is 58.8 Å². The van der Waals surface area contributed by atoms with E-state index in [9.17, 15) is 48.6 Å². The zero-order chi connectivity index (χ0) is 29.4. The number of primary amides is 2. The van der Waals surface area contributed by atoms with Crippen LogP contribution < -0.4 is 22.1 Å². The maximum Gasteiger partial charge on any atom is 0.326 e. The van der Waals surface area contributed by atoms with E-state index < -0.39 is 85.8 Å². The summed E-state index contributed by atoms with van der Waals surface area (Å²) in [5.41, 5.74) is 9.94. The fourth-order valence-corrected chi connectivity index (χ4v) is 3.07. The van der Waals surface area contributed by atoms with Crippen LogP contribution in [0.15, 0.2) is 0 Å². The van der Waals surface area contributed by atoms with Gasteiger partial charge in [-0.15, -0.1) is 0 Å². The molecule has 0 aromatic rings. The van der Waals surface area contributed by atoms with Gasteiger partial charge in [-0.2, -0.15) is 0 Å². The van der Waals surface area contributed by atoms with Gasteiger partial charge in [-0.25, -0.2) is 9.59 Å². The average molecular weight is 549 g/mol. The molecule has 0 spiro atoms. The number of carboxylic acids is 4. The minimum atomic E-state index is -1.47. The molecule has 0 aliphatic carbocycles. The highest BCUT2D eigenvalue weighted by molar-refractivity contribution is 5.86. The molecule has 214 valence electrons. The Hall–Kier alpha value is -4.32. The van der Waals surface area contributed by atoms with Crippen molar-refractivity contribution >= 4 is 47.5 Å². The molecule has 0 bridgehead atoms. The molecule has 18 heteroatoms. The first-order chi connectivity index (χ1) is 17.6. The topological polar surface area (TPSA) is 300 Å². The van der Waals surface area contributed by atoms with Gasteiger partial charge < -0.3 is 42.5 Å². The number of carbonyl (C=O) groups excluding carboxylic acids is 4. The molecule has 0 fully saturated rings. The van der Waals surface area contributed by atoms with Crippen LogP contribution in [0.4, 0.5) is 0 Å². The third kappa shape index (κ3) is 16.4. The molecule has 4 amide bonds. The Labute approximate surface area is 215 Å². The lowest BCUT2D eigenvalue weighted by Crippen LogP contribution is -2.50. The normalized spacial score (nSPS) is 12.4. The minimum Gasteiger partial charge on any atom is -0.480 e. The summed E-state index contributed by atoms with van der Waals surface area (Å²) in [5.74, 6) is -8.98. The van der Waals surface area contributed by atoms with Crippen LogP contribution in [0.2, 0.25) is 0 Å². The van der Waals surface area contributed by atoms with Gasteiger partial charge in [0.2, 0.25) is 23.6 Å². The molecule has 0 heterocycles. The first kappa shape index (κ1) is 33.7. The molecule has 0 radical (unpaired) electrons. The summed E-state index contributed by atoms with van der Waals surface area (Å²) < 4.78 is 0. The summed E-state index contributed by atoms with van der Waals surface area (Å²) in [6.07, 6.45) is -1.25. The van der Waals surface area contributed by atoms with E-state index in [0.717, 1.165) is 9.80 Å². The van der Waals surface area contributed by atoms with Gasteiger partial charge in [-0.05, 0) is 12.8 Å². The van der Waals surface area contributed by atoms with Crippen LogP contribution >= 0.6 is 0 Å². The molecule has 2 unspecified atom stereocenters. The zero-order valence-electron chi connectivity index (χ0n) is 20.3. The zero-order valence-corrected chi connectivity index (χ0v) is 20.3. The van der Waals surface area contributed by atoms with Crippen molar-refractivity contribution in [3.63, 3.8) is 0 Å². The average Bonchev–Trinajstić information content (AvgIpc) is 2.76. The number of nitrogens with zero attached hydrogens (tertiary/aromatic N) is 2. The molecule has 0 aliphatic heterocycles. The second-order valence-corrected chi connectivity index (χ2v) is 8.14. The number of carboxylic acid groups (broad SMARTS) is 4. The van der Waals surface area contributed by atoms with Crippen molar-refractivity contribution in [2.45, 2.75) is 37.8 Å². The van der Waals surface area contributed by atoms with Crippen molar-refractivity contribution in [1.29, 1.82) is 0 Å². The SMILES string of the molecule is NC(=O)CCC(NC(=O)CN(CCN(CC(=O)O)CC(=O)NC(CCC(N)=O)C(=O)O)CC(=O)O)C(=O)O. The number of rotatable bonds is 21. The Bertz CT molecular complexity index is 839. The lowest BCUT2D eigenvalue weighted by molar-refractivity contribution is -0.144. The van der Waals surface area contributed by atoms with E-state index in [1.54, 1.807) is 0 Å². The molecule has 0 aliphatic rings. The number of aliphatic carboxylic acids is 4. The largest absolute Gasteiger partial charge is 0.480 e. The predicted molar refractivity (Wildman–Crippen MR) is 124 cm³/mol. The maximum atomic E-state index is 12.3. The van der Waals surface area contributed by atoms with Crippen molar-refractivity contribution in [3.05, 3.63) is 0 Å². The Balaban J connectivity index is 5.26. The van der Waals surface area contributed by atoms with Crippen LogP contribution in [0.3, 0.4) is 0 Å². The van der Waals surface area contributed by atoms with E-state index in [1.807, 2.05) is 0 Å². The molecule has 10 N–H and O–H groups in total. The van der Waals surface area contributed by atoms with Crippen molar-refractivity contribution in [1.82, 2.24) is 20.4 Å². The van der Waals surface area contributed by atoms with Gasteiger partial charge in [0.1, 0.15) is 12.1 Å². The van der Waals surface area contributed by atoms with E-state index in [2.05, 4.69) is 10.6 Å². The monoisotopic (exact) mass is 548 g/mol. The highest BCUT2D eigenvalue weighted by Gasteiger charge is 2.25. The van der Waals surface area contributed by atoms with Gasteiger partial charge in [0.25, 0.3) is 0 Å². The minimum absolute atomic E-state index is 0.261. The van der Waals surface area contributed by atoms with E-state index in [-0.39, 0.29) is 38.8 Å². The molecule has 18 nitrogen and oxygen atoms in total. The first-order valence-electron chi connectivity index (χ1n) is 11.1. The highest BCUT2D eigenvalue weighted by Crippen LogP contribution is 2.01. The van der Waals surface area contributed by atoms with Gasteiger partial charge in [-0.3, -0.25) is 38.6 Å². The number of hydrogen-bond acceptors (Lipinski definition) is 10. The molecule has 38 heavy (non-hydrogen) atoms. The molecule has 0 rings (SSSR count). The number of nitrogens with one attached hydrogen (secondary N) is 2. The van der Waals surface area contributed by atoms with E-state index in [4.69, 9.17) is 21.7 Å². The van der Waals surface area contributed by atoms with Crippen LogP contribution in [0.1, 0.15) is 25.7 Å². The maximum absolute atomic E-state index is 12.3. The van der Waals surface area contributed by atoms with Crippen molar-refractivity contribution in [2.75, 3.05) is 39.3 Å². The fraction of sp³-hybridized carbons (Fsp3) is 0.600. The van der Waals surface area contributed by atoms with Crippen LogP contribution in [-0.4, -0.2) is 129 Å². The standard InChI is InChI=1S/C20H32N6O12/c21-13(27)3-1-11(19(35)36)23-15(29)7-25(9-17(31)32)5-6-26(10-18(33)34)8-16(30)24-12(20(37)38)2-4-14(22)28/h11-12H,1-10H2,(H2,21,27)(H2,22,28)(H,23,29)(H,24,30)(H,31,32)(H,33,34)(H,35,36)(H,37,38). The molecule has 0 saturated carbocycles. The molecule has 2 atom stereocenters. The van der Waals surface area contributed by atoms with E-state index >= 15 is 0 Å². The number of amides is 4. The summed E-state index contributed by atoms with van der Waals surface area (Å²) in [5, 5.41) is 40.9. The smallest absolute Gasteiger partial charge is 0.326 e. The number of nitrogens with two attached hydrogens (primary N) is 2. The highest BCUT2D eigenvalue weighted by atomic mass is 16.4. The third-order valence-corrected chi connectivity index (χ3v) is 4.81. The predicted octanol–water partition coefficient (Wildman–Crippen LogP) is -4.57. The molecular formula is C20H32N6O12. The van der Waals surface area contributed by atoms with Crippen LogP contribution in [-0.2, 0) is 38.4 Å². The summed E-state index contributed by atoms with van der Waals surface area (Å²) >= 11 is 0. The quantitative estimate of drug-likeness (QED) is 0.0670. The van der Waals surface area contributed by atoms with Crippen LogP contribution in [0, 0.1) is 0 Å². The summed E-state index contributed by atoms with van der Waals surface area (Å²) in [4.78, 5) is 93.5. The summed E-state index contributed by atoms with van der Waals surface area (Å²) in [6.45, 7) is -3.16. The summed E-state index contributed by atoms with van der Waals surface area (Å²) in [7, 11) is 0. The fourth-order valence-electron chi connectivity index (χ4n) is 3.07. The Morgan fingerprint density at radius 2 is 0.895 bits per heavy atom. The number of carbonyl (C=O) groups is 8. The summed E-state index contributed by atoms with van der Waals surface area (Å²) in [6, 6.07) is -2.93. The Kier molecular flexibility index (Phi) is 15.2. The Morgan fingerprint density at radius 3 is 1.13 bits per heavy atom. The lowest BCUT2D eigenvalue weighted by Gasteiger charge is -2.26. The van der Waals surface area contributed by atoms with Crippen LogP contribution in [0.25, 0.3) is 0 Å². The van der Waals surface area contributed by atoms with Gasteiger partial charge in [-0.1, -0.05) is 0 Å². The lowest BCUT2D eigenvalue weighted by atomic mass is 10.1. The van der Waals surface area contributed by atoms with Gasteiger partial charge >= 0.3 is 23.9 Å². The molecule has 0 aromatic carbocycles. The van der Waals surface area contributed by atoms with E-state index in [1.165, 1.54) is 0 Å². The molecule has 0 aromatic heterocycles. The molecule has 0 saturated heterocycles. The third-order valence-electron chi connectivity index (χ3n) is 4.81. The number of hydrogen-bond donors (Lipinski definition) is 8. The van der Waals surface area contributed by atoms with Crippen molar-refractivity contribution in [2.24, 2.45) is 11.5 Å².